The highest BCUT2D eigenvalue weighted by Gasteiger charge is 1.78. The molecule has 0 fully saturated rings. The van der Waals surface area contributed by atoms with Crippen LogP contribution < -0.4 is 0 Å². The normalized spacial score (nSPS) is 5.70. The monoisotopic (exact) mass is 146 g/mol. The molecule has 5 heteroatoms. The molecule has 0 unspecified atom stereocenters. The molecule has 0 aliphatic carbocycles. The molecule has 0 spiro atoms. The van der Waals surface area contributed by atoms with E-state index in [9.17, 15) is 4.79 Å². The van der Waals surface area contributed by atoms with Crippen molar-refractivity contribution in [3.63, 3.8) is 0 Å². The first kappa shape index (κ1) is 11.1. The van der Waals surface area contributed by atoms with Crippen LogP contribution in [0.25, 0.3) is 0 Å². The van der Waals surface area contributed by atoms with Gasteiger partial charge in [0, 0.05) is 6.92 Å². The van der Waals surface area contributed by atoms with Gasteiger partial charge in [-0.15, -0.1) is 0 Å². The lowest BCUT2D eigenvalue weighted by Gasteiger charge is -1.62. The van der Waals surface area contributed by atoms with Crippen LogP contribution in [0.5, 0.6) is 0 Å². The average Bonchev–Trinajstić information content (AvgIpc) is 1.62. The van der Waals surface area contributed by atoms with Gasteiger partial charge in [-0.3, -0.25) is 4.79 Å². The van der Waals surface area contributed by atoms with E-state index in [0.717, 1.165) is 6.92 Å². The molecule has 0 bridgehead atoms. The zero-order chi connectivity index (χ0) is 8.57. The highest BCUT2D eigenvalue weighted by Crippen LogP contribution is 1.49. The number of rotatable bonds is 0. The van der Waals surface area contributed by atoms with Crippen LogP contribution in [0, 0.1) is 12.0 Å². The Morgan fingerprint density at radius 3 is 1.60 bits per heavy atom. The second-order valence-corrected chi connectivity index (χ2v) is 1.06. The molecule has 0 saturated carbocycles. The third-order valence-electron chi connectivity index (χ3n) is 0.163. The minimum atomic E-state index is -1.32. The number of hydrogen-bond donors (Lipinski definition) is 3. The summed E-state index contributed by atoms with van der Waals surface area (Å²) in [4.78, 5) is 18.3. The van der Waals surface area contributed by atoms with E-state index in [4.69, 9.17) is 20.1 Å². The van der Waals surface area contributed by atoms with Crippen molar-refractivity contribution >= 4 is 11.9 Å². The third kappa shape index (κ3) is 105. The van der Waals surface area contributed by atoms with E-state index in [1.165, 1.54) is 12.0 Å². The van der Waals surface area contributed by atoms with Gasteiger partial charge < -0.3 is 15.3 Å². The predicted octanol–water partition coefficient (Wildman–Crippen LogP) is -0.505. The van der Waals surface area contributed by atoms with Crippen molar-refractivity contribution in [2.75, 3.05) is 0 Å². The van der Waals surface area contributed by atoms with Crippen molar-refractivity contribution < 1.29 is 24.9 Å². The van der Waals surface area contributed by atoms with Crippen molar-refractivity contribution in [3.8, 4) is 12.0 Å². The lowest BCUT2D eigenvalue weighted by molar-refractivity contribution is -0.134. The Kier molecular flexibility index (Phi) is 8.14. The van der Waals surface area contributed by atoms with Crippen molar-refractivity contribution in [1.29, 1.82) is 0 Å². The van der Waals surface area contributed by atoms with Crippen LogP contribution in [-0.2, 0) is 9.59 Å². The van der Waals surface area contributed by atoms with Crippen LogP contribution >= 0.6 is 0 Å². The molecule has 0 aliphatic heterocycles. The highest BCUT2D eigenvalue weighted by molar-refractivity contribution is 5.85. The number of carboxylic acids is 2. The minimum Gasteiger partial charge on any atom is -0.481 e. The molecule has 56 valence electrons. The molecule has 0 radical (unpaired) electrons. The molecular formula is C5H6O5. The van der Waals surface area contributed by atoms with Gasteiger partial charge in [-0.2, -0.15) is 0 Å². The number of hydrogen-bond acceptors (Lipinski definition) is 3. The zero-order valence-corrected chi connectivity index (χ0v) is 5.16. The summed E-state index contributed by atoms with van der Waals surface area (Å²) >= 11 is 0. The second-order valence-electron chi connectivity index (χ2n) is 1.06. The molecule has 0 aromatic rings. The first-order valence-corrected chi connectivity index (χ1v) is 2.08. The summed E-state index contributed by atoms with van der Waals surface area (Å²) in [5.41, 5.74) is 0. The number of aliphatic hydroxyl groups excluding tert-OH is 1. The lowest BCUT2D eigenvalue weighted by Crippen LogP contribution is -1.85. The summed E-state index contributed by atoms with van der Waals surface area (Å²) in [6, 6.07) is 0. The SMILES string of the molecule is CC(=O)O.O=C(O)C#CO. The molecule has 0 rings (SSSR count). The highest BCUT2D eigenvalue weighted by atomic mass is 16.4. The molecule has 0 atom stereocenters. The van der Waals surface area contributed by atoms with Gasteiger partial charge in [0.25, 0.3) is 5.97 Å². The maximum Gasteiger partial charge on any atom is 0.385 e. The van der Waals surface area contributed by atoms with E-state index in [1.54, 1.807) is 0 Å². The van der Waals surface area contributed by atoms with Crippen molar-refractivity contribution in [3.05, 3.63) is 0 Å². The van der Waals surface area contributed by atoms with Gasteiger partial charge in [-0.1, -0.05) is 0 Å². The van der Waals surface area contributed by atoms with Gasteiger partial charge in [0.1, 0.15) is 6.11 Å². The fourth-order valence-corrected chi connectivity index (χ4v) is 0.0478. The lowest BCUT2D eigenvalue weighted by atomic mass is 10.7. The maximum atomic E-state index is 9.27. The molecule has 0 aromatic carbocycles. The molecule has 5 nitrogen and oxygen atoms in total. The number of carboxylic acid groups (broad SMARTS) is 2. The van der Waals surface area contributed by atoms with Crippen LogP contribution in [0.4, 0.5) is 0 Å². The van der Waals surface area contributed by atoms with Crippen LogP contribution in [0.15, 0.2) is 0 Å². The molecule has 3 N–H and O–H groups in total. The van der Waals surface area contributed by atoms with E-state index in [-0.39, 0.29) is 0 Å². The number of carbonyl (C=O) groups is 2. The first-order chi connectivity index (χ1) is 4.50. The van der Waals surface area contributed by atoms with E-state index >= 15 is 0 Å². The summed E-state index contributed by atoms with van der Waals surface area (Å²) < 4.78 is 0. The van der Waals surface area contributed by atoms with Crippen LogP contribution in [0.3, 0.4) is 0 Å². The van der Waals surface area contributed by atoms with Crippen molar-refractivity contribution in [2.45, 2.75) is 6.92 Å². The van der Waals surface area contributed by atoms with Gasteiger partial charge in [-0.05, 0) is 0 Å². The predicted molar refractivity (Wildman–Crippen MR) is 30.7 cm³/mol. The minimum absolute atomic E-state index is 0.833. The summed E-state index contributed by atoms with van der Waals surface area (Å²) in [6.07, 6.45) is 1.22. The summed E-state index contributed by atoms with van der Waals surface area (Å²) in [5.74, 6) is -0.725. The fraction of sp³-hybridized carbons (Fsp3) is 0.200. The maximum absolute atomic E-state index is 9.27. The Morgan fingerprint density at radius 2 is 1.60 bits per heavy atom. The molecule has 0 aliphatic rings. The zero-order valence-electron chi connectivity index (χ0n) is 5.16. The number of aliphatic hydroxyl groups is 1. The van der Waals surface area contributed by atoms with Crippen molar-refractivity contribution in [1.82, 2.24) is 0 Å². The summed E-state index contributed by atoms with van der Waals surface area (Å²) in [7, 11) is 0. The Hall–Kier alpha value is -1.70. The van der Waals surface area contributed by atoms with Crippen LogP contribution in [0.1, 0.15) is 6.92 Å². The van der Waals surface area contributed by atoms with Gasteiger partial charge in [0.05, 0.1) is 5.92 Å². The van der Waals surface area contributed by atoms with E-state index < -0.39 is 11.9 Å². The Morgan fingerprint density at radius 1 is 1.30 bits per heavy atom. The number of aliphatic carboxylic acids is 2. The Labute approximate surface area is 56.9 Å². The quantitative estimate of drug-likeness (QED) is 0.400. The average molecular weight is 146 g/mol. The van der Waals surface area contributed by atoms with Gasteiger partial charge in [0.2, 0.25) is 0 Å². The topological polar surface area (TPSA) is 94.8 Å². The van der Waals surface area contributed by atoms with Crippen LogP contribution in [0.2, 0.25) is 0 Å². The Bertz CT molecular complexity index is 168. The van der Waals surface area contributed by atoms with Gasteiger partial charge >= 0.3 is 5.97 Å². The van der Waals surface area contributed by atoms with E-state index in [1.807, 2.05) is 0 Å². The molecule has 0 amide bonds. The molecular weight excluding hydrogens is 140 g/mol. The Balaban J connectivity index is 0. The molecule has 0 heterocycles. The standard InChI is InChI=1S/C3H2O3.C2H4O2/c4-2-1-3(5)6;1-2(3)4/h4H,(H,5,6);1H3,(H,3,4). The molecule has 10 heavy (non-hydrogen) atoms. The summed E-state index contributed by atoms with van der Waals surface area (Å²) in [5, 5.41) is 22.5. The van der Waals surface area contributed by atoms with Crippen LogP contribution in [-0.4, -0.2) is 27.3 Å². The second kappa shape index (κ2) is 7.30. The fourth-order valence-electron chi connectivity index (χ4n) is 0.0478. The largest absolute Gasteiger partial charge is 0.481 e. The van der Waals surface area contributed by atoms with Crippen molar-refractivity contribution in [2.24, 2.45) is 0 Å². The van der Waals surface area contributed by atoms with Gasteiger partial charge in [-0.25, -0.2) is 4.79 Å². The first-order valence-electron chi connectivity index (χ1n) is 2.08. The smallest absolute Gasteiger partial charge is 0.385 e. The van der Waals surface area contributed by atoms with E-state index in [2.05, 4.69) is 0 Å². The molecule has 0 saturated heterocycles. The van der Waals surface area contributed by atoms with Gasteiger partial charge in [0.15, 0.2) is 0 Å². The summed E-state index contributed by atoms with van der Waals surface area (Å²) in [6.45, 7) is 1.08. The van der Waals surface area contributed by atoms with E-state index in [0.29, 0.717) is 0 Å². The molecule has 0 aromatic heterocycles. The third-order valence-corrected chi connectivity index (χ3v) is 0.163.